The largest absolute Gasteiger partial charge is 0.342 e. The third-order valence-corrected chi connectivity index (χ3v) is 3.07. The molecule has 3 nitrogen and oxygen atoms in total. The molecule has 0 unspecified atom stereocenters. The highest BCUT2D eigenvalue weighted by Crippen LogP contribution is 2.12. The van der Waals surface area contributed by atoms with E-state index in [2.05, 4.69) is 5.32 Å². The van der Waals surface area contributed by atoms with Gasteiger partial charge in [0.1, 0.15) is 5.82 Å². The second-order valence-electron chi connectivity index (χ2n) is 4.97. The molecule has 0 saturated carbocycles. The van der Waals surface area contributed by atoms with E-state index in [1.165, 1.54) is 19.1 Å². The van der Waals surface area contributed by atoms with Crippen molar-refractivity contribution >= 4 is 11.7 Å². The van der Waals surface area contributed by atoms with Crippen molar-refractivity contribution in [2.45, 2.75) is 40.2 Å². The maximum Gasteiger partial charge on any atom is 0.254 e. The molecule has 1 aromatic rings. The highest BCUT2D eigenvalue weighted by Gasteiger charge is 2.22. The van der Waals surface area contributed by atoms with Crippen LogP contribution in [0.3, 0.4) is 0 Å². The summed E-state index contributed by atoms with van der Waals surface area (Å²) in [5.41, 5.74) is 0.877. The SMILES string of the molecule is CCc1ccc(F)c(C(=O)N[C@@H](C(C)=O)C(C)C)c1. The maximum absolute atomic E-state index is 13.7. The first kappa shape index (κ1) is 15.3. The molecule has 0 bridgehead atoms. The predicted molar refractivity (Wildman–Crippen MR) is 72.6 cm³/mol. The molecule has 19 heavy (non-hydrogen) atoms. The van der Waals surface area contributed by atoms with Crippen LogP contribution in [0.25, 0.3) is 0 Å². The third-order valence-electron chi connectivity index (χ3n) is 3.07. The monoisotopic (exact) mass is 265 g/mol. The molecule has 1 N–H and O–H groups in total. The van der Waals surface area contributed by atoms with Crippen LogP contribution in [0.15, 0.2) is 18.2 Å². The molecule has 0 radical (unpaired) electrons. The van der Waals surface area contributed by atoms with E-state index in [1.54, 1.807) is 6.07 Å². The number of hydrogen-bond acceptors (Lipinski definition) is 2. The van der Waals surface area contributed by atoms with E-state index in [0.29, 0.717) is 0 Å². The molecule has 0 aliphatic rings. The minimum absolute atomic E-state index is 0.00810. The molecular formula is C15H20FNO2. The lowest BCUT2D eigenvalue weighted by molar-refractivity contribution is -0.119. The Morgan fingerprint density at radius 3 is 2.42 bits per heavy atom. The van der Waals surface area contributed by atoms with Crippen molar-refractivity contribution in [2.75, 3.05) is 0 Å². The molecule has 0 aliphatic heterocycles. The van der Waals surface area contributed by atoms with Gasteiger partial charge in [0.25, 0.3) is 5.91 Å². The Bertz CT molecular complexity index is 483. The summed E-state index contributed by atoms with van der Waals surface area (Å²) in [6.45, 7) is 7.03. The minimum Gasteiger partial charge on any atom is -0.342 e. The summed E-state index contributed by atoms with van der Waals surface area (Å²) in [5, 5.41) is 2.60. The number of Topliss-reactive ketones (excluding diaryl/α,β-unsaturated/α-hetero) is 1. The zero-order valence-electron chi connectivity index (χ0n) is 11.8. The Kier molecular flexibility index (Phi) is 5.21. The van der Waals surface area contributed by atoms with Crippen molar-refractivity contribution in [2.24, 2.45) is 5.92 Å². The van der Waals surface area contributed by atoms with Crippen molar-refractivity contribution in [3.8, 4) is 0 Å². The van der Waals surface area contributed by atoms with E-state index in [0.717, 1.165) is 12.0 Å². The van der Waals surface area contributed by atoms with Gasteiger partial charge in [0, 0.05) is 0 Å². The van der Waals surface area contributed by atoms with Crippen LogP contribution in [0.5, 0.6) is 0 Å². The van der Waals surface area contributed by atoms with E-state index in [-0.39, 0.29) is 17.3 Å². The summed E-state index contributed by atoms with van der Waals surface area (Å²) >= 11 is 0. The van der Waals surface area contributed by atoms with Crippen LogP contribution in [0.2, 0.25) is 0 Å². The zero-order valence-corrected chi connectivity index (χ0v) is 11.8. The molecule has 0 saturated heterocycles. The van der Waals surface area contributed by atoms with Gasteiger partial charge in [-0.15, -0.1) is 0 Å². The van der Waals surface area contributed by atoms with Crippen LogP contribution in [-0.2, 0) is 11.2 Å². The minimum atomic E-state index is -0.586. The average molecular weight is 265 g/mol. The Balaban J connectivity index is 2.97. The van der Waals surface area contributed by atoms with Gasteiger partial charge in [-0.1, -0.05) is 26.8 Å². The number of amides is 1. The second-order valence-corrected chi connectivity index (χ2v) is 4.97. The van der Waals surface area contributed by atoms with Crippen molar-refractivity contribution in [1.29, 1.82) is 0 Å². The molecule has 1 rings (SSSR count). The number of rotatable bonds is 5. The fraction of sp³-hybridized carbons (Fsp3) is 0.467. The molecule has 0 aliphatic carbocycles. The number of carbonyl (C=O) groups is 2. The van der Waals surface area contributed by atoms with Gasteiger partial charge in [-0.2, -0.15) is 0 Å². The summed E-state index contributed by atoms with van der Waals surface area (Å²) in [5.74, 6) is -1.27. The molecule has 1 atom stereocenters. The van der Waals surface area contributed by atoms with Crippen LogP contribution in [0.1, 0.15) is 43.6 Å². The molecule has 1 amide bonds. The van der Waals surface area contributed by atoms with Crippen molar-refractivity contribution in [3.63, 3.8) is 0 Å². The van der Waals surface area contributed by atoms with Gasteiger partial charge in [-0.3, -0.25) is 9.59 Å². The molecule has 0 spiro atoms. The first-order chi connectivity index (χ1) is 8.86. The van der Waals surface area contributed by atoms with Crippen LogP contribution in [0, 0.1) is 11.7 Å². The first-order valence-electron chi connectivity index (χ1n) is 6.46. The van der Waals surface area contributed by atoms with E-state index in [9.17, 15) is 14.0 Å². The number of nitrogens with one attached hydrogen (secondary N) is 1. The lowest BCUT2D eigenvalue weighted by Crippen LogP contribution is -2.43. The van der Waals surface area contributed by atoms with Gasteiger partial charge in [-0.25, -0.2) is 4.39 Å². The molecule has 4 heteroatoms. The Morgan fingerprint density at radius 2 is 1.95 bits per heavy atom. The van der Waals surface area contributed by atoms with E-state index in [4.69, 9.17) is 0 Å². The topological polar surface area (TPSA) is 46.2 Å². The smallest absolute Gasteiger partial charge is 0.254 e. The maximum atomic E-state index is 13.7. The number of ketones is 1. The first-order valence-corrected chi connectivity index (χ1v) is 6.46. The number of aryl methyl sites for hydroxylation is 1. The molecule has 0 fully saturated rings. The Hall–Kier alpha value is -1.71. The Labute approximate surface area is 113 Å². The summed E-state index contributed by atoms with van der Waals surface area (Å²) < 4.78 is 13.7. The van der Waals surface area contributed by atoms with Gasteiger partial charge >= 0.3 is 0 Å². The standard InChI is InChI=1S/C15H20FNO2/c1-5-11-6-7-13(16)12(8-11)15(19)17-14(9(2)3)10(4)18/h6-9,14H,5H2,1-4H3,(H,17,19)/t14-/m1/s1. The summed E-state index contributed by atoms with van der Waals surface area (Å²) in [6, 6.07) is 3.88. The summed E-state index contributed by atoms with van der Waals surface area (Å²) in [6.07, 6.45) is 0.723. The normalized spacial score (nSPS) is 12.3. The Morgan fingerprint density at radius 1 is 1.32 bits per heavy atom. The quantitative estimate of drug-likeness (QED) is 0.889. The zero-order chi connectivity index (χ0) is 14.6. The molecule has 104 valence electrons. The van der Waals surface area contributed by atoms with Gasteiger partial charge < -0.3 is 5.32 Å². The van der Waals surface area contributed by atoms with Gasteiger partial charge in [0.05, 0.1) is 11.6 Å². The van der Waals surface area contributed by atoms with E-state index >= 15 is 0 Å². The second kappa shape index (κ2) is 6.45. The number of carbonyl (C=O) groups excluding carboxylic acids is 2. The van der Waals surface area contributed by atoms with Crippen LogP contribution in [0.4, 0.5) is 4.39 Å². The fourth-order valence-corrected chi connectivity index (χ4v) is 1.92. The van der Waals surface area contributed by atoms with Crippen LogP contribution >= 0.6 is 0 Å². The lowest BCUT2D eigenvalue weighted by Gasteiger charge is -2.19. The lowest BCUT2D eigenvalue weighted by atomic mass is 10.00. The number of hydrogen-bond donors (Lipinski definition) is 1. The summed E-state index contributed by atoms with van der Waals surface area (Å²) in [4.78, 5) is 23.5. The number of halogens is 1. The highest BCUT2D eigenvalue weighted by atomic mass is 19.1. The number of benzene rings is 1. The van der Waals surface area contributed by atoms with Crippen molar-refractivity contribution in [1.82, 2.24) is 5.32 Å². The highest BCUT2D eigenvalue weighted by molar-refractivity contribution is 5.97. The molecule has 0 aromatic heterocycles. The molecule has 1 aromatic carbocycles. The van der Waals surface area contributed by atoms with Crippen molar-refractivity contribution < 1.29 is 14.0 Å². The predicted octanol–water partition coefficient (Wildman–Crippen LogP) is 2.73. The average Bonchev–Trinajstić information content (AvgIpc) is 2.35. The van der Waals surface area contributed by atoms with E-state index in [1.807, 2.05) is 20.8 Å². The van der Waals surface area contributed by atoms with Crippen LogP contribution in [-0.4, -0.2) is 17.7 Å². The molecule has 0 heterocycles. The molecular weight excluding hydrogens is 245 g/mol. The van der Waals surface area contributed by atoms with E-state index < -0.39 is 17.8 Å². The van der Waals surface area contributed by atoms with Gasteiger partial charge in [0.2, 0.25) is 0 Å². The van der Waals surface area contributed by atoms with Crippen molar-refractivity contribution in [3.05, 3.63) is 35.1 Å². The third kappa shape index (κ3) is 3.88. The van der Waals surface area contributed by atoms with Crippen LogP contribution < -0.4 is 5.32 Å². The fourth-order valence-electron chi connectivity index (χ4n) is 1.92. The summed E-state index contributed by atoms with van der Waals surface area (Å²) in [7, 11) is 0. The van der Waals surface area contributed by atoms with Gasteiger partial charge in [-0.05, 0) is 37.0 Å². The van der Waals surface area contributed by atoms with Gasteiger partial charge in [0.15, 0.2) is 5.78 Å².